The lowest BCUT2D eigenvalue weighted by molar-refractivity contribution is -0.0777. The Morgan fingerprint density at radius 3 is 1.42 bits per heavy atom. The first-order chi connectivity index (χ1) is 17.5. The molecule has 0 radical (unpaired) electrons. The van der Waals surface area contributed by atoms with E-state index in [9.17, 15) is 0 Å². The maximum atomic E-state index is 5.65. The molecule has 4 aliphatic heterocycles. The molecule has 196 valence electrons. The molecule has 8 heteroatoms. The van der Waals surface area contributed by atoms with Gasteiger partial charge < -0.3 is 37.9 Å². The van der Waals surface area contributed by atoms with Crippen LogP contribution in [0.5, 0.6) is 11.5 Å². The molecule has 2 aromatic carbocycles. The minimum absolute atomic E-state index is 0.0384. The van der Waals surface area contributed by atoms with Gasteiger partial charge in [-0.2, -0.15) is 0 Å². The van der Waals surface area contributed by atoms with E-state index >= 15 is 0 Å². The second kappa shape index (κ2) is 11.5. The number of ether oxygens (including phenoxy) is 8. The summed E-state index contributed by atoms with van der Waals surface area (Å²) in [5.74, 6) is 1.80. The number of benzene rings is 2. The van der Waals surface area contributed by atoms with Crippen LogP contribution in [-0.4, -0.2) is 83.1 Å². The van der Waals surface area contributed by atoms with E-state index in [1.54, 1.807) is 0 Å². The van der Waals surface area contributed by atoms with Crippen LogP contribution in [0.1, 0.15) is 25.0 Å². The van der Waals surface area contributed by atoms with Gasteiger partial charge in [0.25, 0.3) is 0 Å². The van der Waals surface area contributed by atoms with Crippen LogP contribution in [-0.2, 0) is 34.8 Å². The molecule has 36 heavy (non-hydrogen) atoms. The Balaban J connectivity index is 0.000000174. The fourth-order valence-corrected chi connectivity index (χ4v) is 3.34. The van der Waals surface area contributed by atoms with E-state index < -0.39 is 0 Å². The Morgan fingerprint density at radius 2 is 1.08 bits per heavy atom. The first-order valence-electron chi connectivity index (χ1n) is 12.6. The third-order valence-electron chi connectivity index (χ3n) is 6.19. The summed E-state index contributed by atoms with van der Waals surface area (Å²) >= 11 is 0. The molecule has 4 aliphatic rings. The fourth-order valence-electron chi connectivity index (χ4n) is 3.34. The highest BCUT2D eigenvalue weighted by Gasteiger charge is 2.41. The van der Waals surface area contributed by atoms with E-state index in [0.717, 1.165) is 44.3 Å². The summed E-state index contributed by atoms with van der Waals surface area (Å²) in [7, 11) is 0. The Kier molecular flexibility index (Phi) is 8.10. The highest BCUT2D eigenvalue weighted by Crippen LogP contribution is 2.27. The van der Waals surface area contributed by atoms with Crippen LogP contribution in [0.3, 0.4) is 0 Å². The molecule has 0 saturated carbocycles. The van der Waals surface area contributed by atoms with Crippen molar-refractivity contribution in [3.8, 4) is 11.5 Å². The molecule has 8 nitrogen and oxygen atoms in total. The number of epoxide rings is 4. The summed E-state index contributed by atoms with van der Waals surface area (Å²) in [5.41, 5.74) is 2.45. The van der Waals surface area contributed by atoms with Gasteiger partial charge >= 0.3 is 0 Å². The molecule has 4 fully saturated rings. The van der Waals surface area contributed by atoms with Crippen molar-refractivity contribution < 1.29 is 37.9 Å². The zero-order valence-corrected chi connectivity index (χ0v) is 21.1. The second-order valence-electron chi connectivity index (χ2n) is 10.3. The Labute approximate surface area is 212 Å². The Hall–Kier alpha value is -2.20. The number of rotatable bonds is 14. The van der Waals surface area contributed by atoms with Crippen LogP contribution in [0.25, 0.3) is 0 Å². The van der Waals surface area contributed by atoms with Crippen LogP contribution in [0.2, 0.25) is 0 Å². The van der Waals surface area contributed by atoms with Gasteiger partial charge in [0.15, 0.2) is 0 Å². The van der Waals surface area contributed by atoms with Crippen molar-refractivity contribution in [2.45, 2.75) is 43.7 Å². The van der Waals surface area contributed by atoms with E-state index in [-0.39, 0.29) is 11.2 Å². The molecule has 4 heterocycles. The third kappa shape index (κ3) is 9.03. The lowest BCUT2D eigenvalue weighted by Crippen LogP contribution is -2.19. The van der Waals surface area contributed by atoms with E-state index in [4.69, 9.17) is 37.9 Å². The summed E-state index contributed by atoms with van der Waals surface area (Å²) < 4.78 is 42.4. The molecule has 0 aromatic heterocycles. The molecule has 6 rings (SSSR count). The van der Waals surface area contributed by atoms with Gasteiger partial charge in [-0.15, -0.1) is 0 Å². The lowest BCUT2D eigenvalue weighted by Gasteiger charge is -2.09. The van der Waals surface area contributed by atoms with Crippen molar-refractivity contribution in [1.82, 2.24) is 0 Å². The number of hydrogen-bond donors (Lipinski definition) is 0. The summed E-state index contributed by atoms with van der Waals surface area (Å²) in [6.07, 6.45) is 1.49. The summed E-state index contributed by atoms with van der Waals surface area (Å²) in [4.78, 5) is 0. The monoisotopic (exact) mass is 500 g/mol. The van der Waals surface area contributed by atoms with Gasteiger partial charge in [0.2, 0.25) is 0 Å². The smallest absolute Gasteiger partial charge is 0.147 e. The maximum Gasteiger partial charge on any atom is 0.147 e. The molecule has 0 spiro atoms. The van der Waals surface area contributed by atoms with Gasteiger partial charge in [-0.1, -0.05) is 24.3 Å². The highest BCUT2D eigenvalue weighted by atomic mass is 16.7. The highest BCUT2D eigenvalue weighted by molar-refractivity contribution is 5.34. The quantitative estimate of drug-likeness (QED) is 0.222. The predicted octanol–water partition coefficient (Wildman–Crippen LogP) is 3.39. The minimum Gasteiger partial charge on any atom is -0.491 e. The zero-order chi connectivity index (χ0) is 24.8. The van der Waals surface area contributed by atoms with Crippen LogP contribution in [0.4, 0.5) is 0 Å². The van der Waals surface area contributed by atoms with Gasteiger partial charge in [0.05, 0.1) is 39.6 Å². The molecule has 2 aromatic rings. The van der Waals surface area contributed by atoms with Gasteiger partial charge in [0.1, 0.15) is 54.9 Å². The maximum absolute atomic E-state index is 5.65. The predicted molar refractivity (Wildman–Crippen MR) is 132 cm³/mol. The van der Waals surface area contributed by atoms with Gasteiger partial charge in [-0.05, 0) is 55.7 Å². The zero-order valence-electron chi connectivity index (χ0n) is 21.1. The molecule has 4 atom stereocenters. The topological polar surface area (TPSA) is 87.0 Å². The second-order valence-corrected chi connectivity index (χ2v) is 10.3. The lowest BCUT2D eigenvalue weighted by atomic mass is 10.0. The average molecular weight is 501 g/mol. The van der Waals surface area contributed by atoms with Crippen molar-refractivity contribution in [2.75, 3.05) is 59.6 Å². The molecule has 0 aliphatic carbocycles. The van der Waals surface area contributed by atoms with E-state index in [2.05, 4.69) is 24.3 Å². The van der Waals surface area contributed by atoms with Crippen molar-refractivity contribution in [2.24, 2.45) is 0 Å². The standard InChI is InChI=1S/C19H20O4.C9H16O4/c1-5-16(20-10-18-12-22-18)6-2-14(1)9-15-3-7-17(8-4-15)21-11-19-13-23-19;1-8(5-12-8)3-10-7-11-4-9(2)6-13-9/h1-8,18-19H,9-13H2;3-7H2,1-2H3. The van der Waals surface area contributed by atoms with Crippen LogP contribution in [0.15, 0.2) is 48.5 Å². The van der Waals surface area contributed by atoms with Crippen molar-refractivity contribution >= 4 is 0 Å². The normalized spacial score (nSPS) is 29.1. The molecule has 0 amide bonds. The molecule has 4 saturated heterocycles. The average Bonchev–Trinajstić information content (AvgIpc) is 3.70. The van der Waals surface area contributed by atoms with E-state index in [1.807, 2.05) is 38.1 Å². The third-order valence-corrected chi connectivity index (χ3v) is 6.19. The van der Waals surface area contributed by atoms with Crippen LogP contribution < -0.4 is 9.47 Å². The van der Waals surface area contributed by atoms with E-state index in [1.165, 1.54) is 11.1 Å². The first kappa shape index (κ1) is 25.4. The largest absolute Gasteiger partial charge is 0.491 e. The van der Waals surface area contributed by atoms with Gasteiger partial charge in [-0.3, -0.25) is 0 Å². The minimum atomic E-state index is -0.0384. The van der Waals surface area contributed by atoms with Crippen molar-refractivity contribution in [1.29, 1.82) is 0 Å². The van der Waals surface area contributed by atoms with Crippen LogP contribution in [0, 0.1) is 0 Å². The molecule has 0 bridgehead atoms. The summed E-state index contributed by atoms with van der Waals surface area (Å²) in [5, 5.41) is 0. The SMILES string of the molecule is CC1(COCOCC2(C)CO2)CO1.c1cc(OCC2CO2)ccc1Cc1ccc(OCC2CO2)cc1. The van der Waals surface area contributed by atoms with Crippen molar-refractivity contribution in [3.63, 3.8) is 0 Å². The van der Waals surface area contributed by atoms with Crippen LogP contribution >= 0.6 is 0 Å². The van der Waals surface area contributed by atoms with E-state index in [0.29, 0.717) is 45.4 Å². The fraction of sp³-hybridized carbons (Fsp3) is 0.571. The Bertz CT molecular complexity index is 867. The molecular formula is C28H36O8. The van der Waals surface area contributed by atoms with Gasteiger partial charge in [0, 0.05) is 0 Å². The summed E-state index contributed by atoms with van der Waals surface area (Å²) in [6.45, 7) is 10.2. The molecule has 4 unspecified atom stereocenters. The molecular weight excluding hydrogens is 464 g/mol. The molecule has 0 N–H and O–H groups in total. The Morgan fingerprint density at radius 1 is 0.694 bits per heavy atom. The first-order valence-corrected chi connectivity index (χ1v) is 12.6. The van der Waals surface area contributed by atoms with Gasteiger partial charge in [-0.25, -0.2) is 0 Å². The van der Waals surface area contributed by atoms with Crippen molar-refractivity contribution in [3.05, 3.63) is 59.7 Å². The number of hydrogen-bond acceptors (Lipinski definition) is 8. The summed E-state index contributed by atoms with van der Waals surface area (Å²) in [6, 6.07) is 16.5.